The molecule has 5 heteroatoms. The van der Waals surface area contributed by atoms with Gasteiger partial charge in [0.05, 0.1) is 36.2 Å². The lowest BCUT2D eigenvalue weighted by atomic mass is 9.93. The number of hydrogen-bond acceptors (Lipinski definition) is 4. The Labute approximate surface area is 117 Å². The maximum Gasteiger partial charge on any atom is 0.221 e. The van der Waals surface area contributed by atoms with Gasteiger partial charge in [-0.2, -0.15) is 10.2 Å². The maximum atomic E-state index is 5.99. The van der Waals surface area contributed by atoms with Crippen molar-refractivity contribution in [2.45, 2.75) is 13.0 Å². The van der Waals surface area contributed by atoms with Crippen LogP contribution in [-0.2, 0) is 4.84 Å². The van der Waals surface area contributed by atoms with Crippen molar-refractivity contribution in [3.63, 3.8) is 0 Å². The number of aromatic nitrogens is 2. The number of aryl methyl sites for hydroxylation is 1. The molecule has 0 spiro atoms. The van der Waals surface area contributed by atoms with Crippen molar-refractivity contribution >= 4 is 0 Å². The lowest BCUT2D eigenvalue weighted by molar-refractivity contribution is -0.111. The largest absolute Gasteiger partial charge is 0.477 e. The van der Waals surface area contributed by atoms with Crippen LogP contribution < -0.4 is 4.74 Å². The molecule has 5 nitrogen and oxygen atoms in total. The van der Waals surface area contributed by atoms with Gasteiger partial charge >= 0.3 is 0 Å². The molecule has 0 saturated carbocycles. The molecule has 2 aliphatic heterocycles. The minimum atomic E-state index is 0.246. The molecule has 1 fully saturated rings. The summed E-state index contributed by atoms with van der Waals surface area (Å²) in [6, 6.07) is 10.3. The molecule has 1 saturated heterocycles. The highest BCUT2D eigenvalue weighted by atomic mass is 16.7. The summed E-state index contributed by atoms with van der Waals surface area (Å²) < 4.78 is 7.88. The average Bonchev–Trinajstić information content (AvgIpc) is 3.01. The van der Waals surface area contributed by atoms with Crippen LogP contribution >= 0.6 is 0 Å². The number of nitrogens with zero attached hydrogens (tertiary/aromatic N) is 3. The third-order valence-corrected chi connectivity index (χ3v) is 4.12. The summed E-state index contributed by atoms with van der Waals surface area (Å²) in [5.41, 5.74) is 3.19. The van der Waals surface area contributed by atoms with Crippen molar-refractivity contribution in [3.8, 4) is 11.6 Å². The molecule has 0 unspecified atom stereocenters. The van der Waals surface area contributed by atoms with Crippen LogP contribution in [-0.4, -0.2) is 35.1 Å². The fraction of sp³-hybridized carbons (Fsp3) is 0.400. The highest BCUT2D eigenvalue weighted by Crippen LogP contribution is 2.44. The number of ether oxygens (including phenoxy) is 1. The fourth-order valence-electron chi connectivity index (χ4n) is 3.17. The Bertz CT molecular complexity index is 638. The van der Waals surface area contributed by atoms with E-state index < -0.39 is 0 Å². The van der Waals surface area contributed by atoms with Gasteiger partial charge in [-0.3, -0.25) is 4.84 Å². The second-order valence-electron chi connectivity index (χ2n) is 5.41. The molecule has 4 rings (SSSR count). The predicted molar refractivity (Wildman–Crippen MR) is 73.7 cm³/mol. The molecule has 0 radical (unpaired) electrons. The average molecular weight is 271 g/mol. The Balaban J connectivity index is 1.86. The highest BCUT2D eigenvalue weighted by Gasteiger charge is 2.43. The van der Waals surface area contributed by atoms with Gasteiger partial charge in [-0.15, -0.1) is 0 Å². The fourth-order valence-corrected chi connectivity index (χ4v) is 3.17. The van der Waals surface area contributed by atoms with Crippen LogP contribution in [0.25, 0.3) is 5.69 Å². The van der Waals surface area contributed by atoms with Gasteiger partial charge in [0.2, 0.25) is 5.88 Å². The molecule has 1 aromatic heterocycles. The summed E-state index contributed by atoms with van der Waals surface area (Å²) in [5, 5.41) is 6.61. The number of fused-ring (bicyclic) bond motifs is 3. The van der Waals surface area contributed by atoms with E-state index in [1.807, 2.05) is 54.0 Å². The Morgan fingerprint density at radius 2 is 2.00 bits per heavy atom. The Morgan fingerprint density at radius 1 is 1.20 bits per heavy atom. The standard InChI is InChI=1S/C15H17N3O2/c1-10-13-14-11(9-20-17(14)2)8-19-15(13)18(16-10)12-6-4-3-5-7-12/h3-7,11,14H,8-9H2,1-2H3/t11-,14-/m1/s1. The van der Waals surface area contributed by atoms with Gasteiger partial charge in [0.25, 0.3) is 0 Å². The second-order valence-corrected chi connectivity index (χ2v) is 5.41. The van der Waals surface area contributed by atoms with Crippen LogP contribution in [0.1, 0.15) is 17.3 Å². The van der Waals surface area contributed by atoms with E-state index in [1.165, 1.54) is 0 Å². The van der Waals surface area contributed by atoms with Crippen LogP contribution in [0.3, 0.4) is 0 Å². The van der Waals surface area contributed by atoms with E-state index in [0.717, 1.165) is 29.4 Å². The second kappa shape index (κ2) is 4.33. The third-order valence-electron chi connectivity index (χ3n) is 4.12. The van der Waals surface area contributed by atoms with Crippen molar-refractivity contribution in [1.82, 2.24) is 14.8 Å². The molecule has 2 aliphatic rings. The van der Waals surface area contributed by atoms with Crippen molar-refractivity contribution in [2.24, 2.45) is 5.92 Å². The Morgan fingerprint density at radius 3 is 2.80 bits per heavy atom. The number of rotatable bonds is 1. The Hall–Kier alpha value is -1.85. The van der Waals surface area contributed by atoms with E-state index in [-0.39, 0.29) is 6.04 Å². The van der Waals surface area contributed by atoms with E-state index in [0.29, 0.717) is 12.5 Å². The number of para-hydroxylation sites is 1. The SMILES string of the molecule is Cc1nn(-c2ccccc2)c2c1[C@H]1[C@H](CO2)CON1C. The van der Waals surface area contributed by atoms with Crippen molar-refractivity contribution in [1.29, 1.82) is 0 Å². The van der Waals surface area contributed by atoms with Crippen LogP contribution in [0.5, 0.6) is 5.88 Å². The minimum absolute atomic E-state index is 0.246. The highest BCUT2D eigenvalue weighted by molar-refractivity contribution is 5.44. The number of hydrogen-bond donors (Lipinski definition) is 0. The first-order chi connectivity index (χ1) is 9.75. The quantitative estimate of drug-likeness (QED) is 0.796. The van der Waals surface area contributed by atoms with Crippen molar-refractivity contribution < 1.29 is 9.57 Å². The molecule has 20 heavy (non-hydrogen) atoms. The van der Waals surface area contributed by atoms with Gasteiger partial charge in [0.1, 0.15) is 0 Å². The smallest absolute Gasteiger partial charge is 0.221 e. The molecular weight excluding hydrogens is 254 g/mol. The lowest BCUT2D eigenvalue weighted by Gasteiger charge is -2.28. The minimum Gasteiger partial charge on any atom is -0.477 e. The van der Waals surface area contributed by atoms with Crippen LogP contribution in [0.2, 0.25) is 0 Å². The van der Waals surface area contributed by atoms with Crippen molar-refractivity contribution in [2.75, 3.05) is 20.3 Å². The first kappa shape index (κ1) is 11.9. The molecule has 2 atom stereocenters. The maximum absolute atomic E-state index is 5.99. The zero-order valence-electron chi connectivity index (χ0n) is 11.6. The van der Waals surface area contributed by atoms with Gasteiger partial charge < -0.3 is 4.74 Å². The Kier molecular flexibility index (Phi) is 2.58. The van der Waals surface area contributed by atoms with E-state index in [4.69, 9.17) is 9.57 Å². The van der Waals surface area contributed by atoms with E-state index in [2.05, 4.69) is 5.10 Å². The normalized spacial score (nSPS) is 25.1. The molecule has 0 N–H and O–H groups in total. The summed E-state index contributed by atoms with van der Waals surface area (Å²) in [7, 11) is 1.99. The number of hydroxylamine groups is 2. The summed E-state index contributed by atoms with van der Waals surface area (Å²) in [4.78, 5) is 5.64. The van der Waals surface area contributed by atoms with Crippen molar-refractivity contribution in [3.05, 3.63) is 41.6 Å². The monoisotopic (exact) mass is 271 g/mol. The molecule has 0 amide bonds. The van der Waals surface area contributed by atoms with E-state index >= 15 is 0 Å². The van der Waals surface area contributed by atoms with Crippen LogP contribution in [0.15, 0.2) is 30.3 Å². The van der Waals surface area contributed by atoms with Gasteiger partial charge in [-0.25, -0.2) is 4.68 Å². The zero-order valence-corrected chi connectivity index (χ0v) is 11.6. The topological polar surface area (TPSA) is 39.5 Å². The first-order valence-corrected chi connectivity index (χ1v) is 6.89. The summed E-state index contributed by atoms with van der Waals surface area (Å²) in [6.45, 7) is 3.44. The van der Waals surface area contributed by atoms with E-state index in [1.54, 1.807) is 0 Å². The summed E-state index contributed by atoms with van der Waals surface area (Å²) in [6.07, 6.45) is 0. The van der Waals surface area contributed by atoms with Gasteiger partial charge in [-0.1, -0.05) is 18.2 Å². The molecule has 0 bridgehead atoms. The van der Waals surface area contributed by atoms with Crippen LogP contribution in [0.4, 0.5) is 0 Å². The molecule has 3 heterocycles. The van der Waals surface area contributed by atoms with Crippen LogP contribution in [0, 0.1) is 12.8 Å². The predicted octanol–water partition coefficient (Wildman–Crippen LogP) is 2.11. The number of benzene rings is 1. The van der Waals surface area contributed by atoms with Gasteiger partial charge in [0, 0.05) is 13.0 Å². The summed E-state index contributed by atoms with van der Waals surface area (Å²) >= 11 is 0. The summed E-state index contributed by atoms with van der Waals surface area (Å²) in [5.74, 6) is 1.24. The lowest BCUT2D eigenvalue weighted by Crippen LogP contribution is -2.29. The van der Waals surface area contributed by atoms with Gasteiger partial charge in [0.15, 0.2) is 0 Å². The molecule has 1 aromatic carbocycles. The third kappa shape index (κ3) is 1.60. The van der Waals surface area contributed by atoms with E-state index in [9.17, 15) is 0 Å². The molecule has 0 aliphatic carbocycles. The molecular formula is C15H17N3O2. The van der Waals surface area contributed by atoms with Gasteiger partial charge in [-0.05, 0) is 19.1 Å². The zero-order chi connectivity index (χ0) is 13.7. The molecule has 2 aromatic rings. The molecule has 104 valence electrons. The first-order valence-electron chi connectivity index (χ1n) is 6.89.